The number of aromatic nitrogens is 4. The van der Waals surface area contributed by atoms with Gasteiger partial charge in [0.15, 0.2) is 0 Å². The fourth-order valence-corrected chi connectivity index (χ4v) is 2.22. The average Bonchev–Trinajstić information content (AvgIpc) is 3.19. The maximum atomic E-state index is 12.1. The highest BCUT2D eigenvalue weighted by atomic mass is 19.1. The third-order valence-corrected chi connectivity index (χ3v) is 3.36. The minimum absolute atomic E-state index is 0.172. The van der Waals surface area contributed by atoms with Crippen LogP contribution in [0.25, 0.3) is 11.3 Å². The molecule has 0 unspecified atom stereocenters. The van der Waals surface area contributed by atoms with Crippen LogP contribution in [0.3, 0.4) is 0 Å². The summed E-state index contributed by atoms with van der Waals surface area (Å²) in [6, 6.07) is 1.74. The van der Waals surface area contributed by atoms with Crippen molar-refractivity contribution >= 4 is 0 Å². The predicted octanol–water partition coefficient (Wildman–Crippen LogP) is 1.11. The second-order valence-corrected chi connectivity index (χ2v) is 4.68. The van der Waals surface area contributed by atoms with Gasteiger partial charge in [-0.25, -0.2) is 9.18 Å². The summed E-state index contributed by atoms with van der Waals surface area (Å²) >= 11 is 0. The highest BCUT2D eigenvalue weighted by Gasteiger charge is 2.36. The van der Waals surface area contributed by atoms with Gasteiger partial charge in [-0.2, -0.15) is 10.2 Å². The van der Waals surface area contributed by atoms with Crippen molar-refractivity contribution < 1.29 is 4.39 Å². The van der Waals surface area contributed by atoms with Gasteiger partial charge < -0.3 is 4.98 Å². The lowest BCUT2D eigenvalue weighted by molar-refractivity contribution is 0.710. The van der Waals surface area contributed by atoms with E-state index in [1.807, 2.05) is 0 Å². The number of hydrogen-bond donors (Lipinski definition) is 2. The average molecular weight is 274 g/mol. The molecular weight excluding hydrogens is 263 g/mol. The minimum atomic E-state index is -0.571. The first-order valence-electron chi connectivity index (χ1n) is 6.11. The van der Waals surface area contributed by atoms with E-state index in [9.17, 15) is 14.0 Å². The van der Waals surface area contributed by atoms with Crippen molar-refractivity contribution in [1.29, 1.82) is 0 Å². The van der Waals surface area contributed by atoms with Crippen molar-refractivity contribution in [2.75, 3.05) is 0 Å². The molecule has 2 N–H and O–H groups in total. The smallest absolute Gasteiger partial charge is 0.313 e. The van der Waals surface area contributed by atoms with Crippen LogP contribution in [0.15, 0.2) is 40.5 Å². The Labute approximate surface area is 112 Å². The Hall–Kier alpha value is -2.57. The van der Waals surface area contributed by atoms with Crippen molar-refractivity contribution in [3.05, 3.63) is 57.3 Å². The number of hydrogen-bond acceptors (Lipinski definition) is 4. The normalized spacial score (nSPS) is 21.2. The number of H-pyrrole nitrogens is 2. The minimum Gasteiger partial charge on any atom is -0.313 e. The summed E-state index contributed by atoms with van der Waals surface area (Å²) in [5, 5.41) is 7.76. The van der Waals surface area contributed by atoms with Gasteiger partial charge in [0.2, 0.25) is 0 Å². The van der Waals surface area contributed by atoms with Crippen LogP contribution in [0.4, 0.5) is 4.39 Å². The Kier molecular flexibility index (Phi) is 3.02. The van der Waals surface area contributed by atoms with Crippen LogP contribution >= 0.6 is 0 Å². The van der Waals surface area contributed by atoms with Crippen LogP contribution in [-0.4, -0.2) is 20.2 Å². The Balaban J connectivity index is 1.96. The molecule has 1 saturated carbocycles. The summed E-state index contributed by atoms with van der Waals surface area (Å²) < 4.78 is 12.1. The van der Waals surface area contributed by atoms with Crippen LogP contribution in [0, 0.1) is 5.92 Å². The number of aromatic amines is 2. The molecule has 3 rings (SSSR count). The van der Waals surface area contributed by atoms with Crippen molar-refractivity contribution in [2.45, 2.75) is 12.3 Å². The number of rotatable bonds is 3. The number of nitrogens with zero attached hydrogens (tertiary/aromatic N) is 2. The lowest BCUT2D eigenvalue weighted by Gasteiger charge is -2.01. The first kappa shape index (κ1) is 12.5. The van der Waals surface area contributed by atoms with Crippen LogP contribution in [0.1, 0.15) is 17.9 Å². The standard InChI is InChI=1S/C13H11FN4O2/c14-2-1-7-3-9(7)8-4-11(18-16-5-8)10-6-15-13(20)17-12(10)19/h1-2,4-7,9H,3H2,(H2,15,17,19,20)/b2-1+/t7-,9-/m0/s1. The fourth-order valence-electron chi connectivity index (χ4n) is 2.22. The predicted molar refractivity (Wildman–Crippen MR) is 69.8 cm³/mol. The molecule has 0 amide bonds. The fraction of sp³-hybridized carbons (Fsp3) is 0.231. The van der Waals surface area contributed by atoms with E-state index in [0.29, 0.717) is 12.0 Å². The summed E-state index contributed by atoms with van der Waals surface area (Å²) in [6.45, 7) is 0. The molecule has 7 heteroatoms. The van der Waals surface area contributed by atoms with Gasteiger partial charge in [-0.05, 0) is 29.9 Å². The second kappa shape index (κ2) is 4.84. The number of allylic oxidation sites excluding steroid dienone is 1. The molecule has 102 valence electrons. The van der Waals surface area contributed by atoms with E-state index >= 15 is 0 Å². The van der Waals surface area contributed by atoms with E-state index < -0.39 is 11.2 Å². The highest BCUT2D eigenvalue weighted by Crippen LogP contribution is 2.48. The molecule has 1 aliphatic carbocycles. The Morgan fingerprint density at radius 1 is 1.40 bits per heavy atom. The molecule has 2 aromatic heterocycles. The van der Waals surface area contributed by atoms with Crippen molar-refractivity contribution in [3.8, 4) is 11.3 Å². The first-order valence-corrected chi connectivity index (χ1v) is 6.11. The zero-order valence-electron chi connectivity index (χ0n) is 10.3. The first-order chi connectivity index (χ1) is 9.69. The zero-order chi connectivity index (χ0) is 14.1. The van der Waals surface area contributed by atoms with Gasteiger partial charge in [0.25, 0.3) is 5.56 Å². The van der Waals surface area contributed by atoms with Crippen molar-refractivity contribution in [3.63, 3.8) is 0 Å². The summed E-state index contributed by atoms with van der Waals surface area (Å²) in [4.78, 5) is 27.2. The van der Waals surface area contributed by atoms with Crippen LogP contribution in [0.2, 0.25) is 0 Å². The molecule has 0 spiro atoms. The van der Waals surface area contributed by atoms with E-state index in [-0.39, 0.29) is 17.4 Å². The molecule has 0 bridgehead atoms. The molecule has 1 aliphatic rings. The number of halogens is 1. The Bertz CT molecular complexity index is 780. The maximum Gasteiger partial charge on any atom is 0.325 e. The van der Waals surface area contributed by atoms with Crippen molar-refractivity contribution in [2.24, 2.45) is 5.92 Å². The third kappa shape index (κ3) is 2.29. The maximum absolute atomic E-state index is 12.1. The summed E-state index contributed by atoms with van der Waals surface area (Å²) in [5.41, 5.74) is 0.449. The topological polar surface area (TPSA) is 91.5 Å². The zero-order valence-corrected chi connectivity index (χ0v) is 10.3. The largest absolute Gasteiger partial charge is 0.325 e. The quantitative estimate of drug-likeness (QED) is 0.877. The second-order valence-electron chi connectivity index (χ2n) is 4.68. The van der Waals surface area contributed by atoms with Gasteiger partial charge in [0.05, 0.1) is 18.1 Å². The summed E-state index contributed by atoms with van der Waals surface area (Å²) in [6.07, 6.45) is 5.83. The molecule has 0 aromatic carbocycles. The van der Waals surface area contributed by atoms with Crippen molar-refractivity contribution in [1.82, 2.24) is 20.2 Å². The van der Waals surface area contributed by atoms with Crippen LogP contribution in [-0.2, 0) is 0 Å². The van der Waals surface area contributed by atoms with Gasteiger partial charge in [0, 0.05) is 6.20 Å². The van der Waals surface area contributed by atoms with Gasteiger partial charge in [-0.1, -0.05) is 6.08 Å². The molecule has 0 aliphatic heterocycles. The third-order valence-electron chi connectivity index (χ3n) is 3.36. The van der Waals surface area contributed by atoms with Gasteiger partial charge in [-0.3, -0.25) is 9.78 Å². The molecule has 2 atom stereocenters. The van der Waals surface area contributed by atoms with E-state index in [1.165, 1.54) is 12.3 Å². The van der Waals surface area contributed by atoms with E-state index in [2.05, 4.69) is 20.2 Å². The molecule has 0 radical (unpaired) electrons. The van der Waals surface area contributed by atoms with Gasteiger partial charge in [0.1, 0.15) is 5.69 Å². The summed E-state index contributed by atoms with van der Waals surface area (Å²) in [7, 11) is 0. The molecule has 2 heterocycles. The van der Waals surface area contributed by atoms with Crippen LogP contribution in [0.5, 0.6) is 0 Å². The molecule has 2 aromatic rings. The van der Waals surface area contributed by atoms with E-state index in [0.717, 1.165) is 12.0 Å². The Morgan fingerprint density at radius 2 is 2.25 bits per heavy atom. The molecule has 1 fully saturated rings. The van der Waals surface area contributed by atoms with Gasteiger partial charge >= 0.3 is 5.69 Å². The number of nitrogens with one attached hydrogen (secondary N) is 2. The Morgan fingerprint density at radius 3 is 3.00 bits per heavy atom. The molecule has 6 nitrogen and oxygen atoms in total. The SMILES string of the molecule is O=c1[nH]cc(-c2cc([C@H]3C[C@@H]3/C=C/F)cnn2)c(=O)[nH]1. The highest BCUT2D eigenvalue weighted by molar-refractivity contribution is 5.57. The lowest BCUT2D eigenvalue weighted by Crippen LogP contribution is -2.22. The molecule has 0 saturated heterocycles. The van der Waals surface area contributed by atoms with Gasteiger partial charge in [-0.15, -0.1) is 0 Å². The molecule has 20 heavy (non-hydrogen) atoms. The summed E-state index contributed by atoms with van der Waals surface area (Å²) in [5.74, 6) is 0.379. The van der Waals surface area contributed by atoms with E-state index in [4.69, 9.17) is 0 Å². The lowest BCUT2D eigenvalue weighted by atomic mass is 10.1. The van der Waals surface area contributed by atoms with Crippen LogP contribution < -0.4 is 11.2 Å². The monoisotopic (exact) mass is 274 g/mol. The molecular formula is C13H11FN4O2. The van der Waals surface area contributed by atoms with E-state index in [1.54, 1.807) is 12.3 Å².